The summed E-state index contributed by atoms with van der Waals surface area (Å²) in [5.41, 5.74) is 1.72. The average molecular weight is 194 g/mol. The second-order valence-electron chi connectivity index (χ2n) is 3.90. The number of nitrogens with zero attached hydrogens (tertiary/aromatic N) is 1. The van der Waals surface area contributed by atoms with Crippen LogP contribution in [0, 0.1) is 6.92 Å². The molecular weight excluding hydrogens is 179 g/mol. The zero-order valence-corrected chi connectivity index (χ0v) is 8.33. The summed E-state index contributed by atoms with van der Waals surface area (Å²) in [6, 6.07) is 1.86. The first-order chi connectivity index (χ1) is 6.77. The number of nitrogens with one attached hydrogen (secondary N) is 1. The summed E-state index contributed by atoms with van der Waals surface area (Å²) < 4.78 is 13.9. The van der Waals surface area contributed by atoms with Gasteiger partial charge in [-0.25, -0.2) is 4.39 Å². The van der Waals surface area contributed by atoms with Crippen LogP contribution in [0.15, 0.2) is 18.5 Å². The maximum atomic E-state index is 13.9. The van der Waals surface area contributed by atoms with Crippen molar-refractivity contribution in [1.82, 2.24) is 10.3 Å². The lowest BCUT2D eigenvalue weighted by Crippen LogP contribution is -2.26. The Morgan fingerprint density at radius 1 is 1.57 bits per heavy atom. The molecule has 2 heterocycles. The van der Waals surface area contributed by atoms with Gasteiger partial charge in [0.05, 0.1) is 0 Å². The molecular formula is C11H15FN2. The van der Waals surface area contributed by atoms with E-state index in [1.165, 1.54) is 0 Å². The highest BCUT2D eigenvalue weighted by Gasteiger charge is 2.25. The van der Waals surface area contributed by atoms with Crippen LogP contribution in [0.4, 0.5) is 4.39 Å². The Labute approximate surface area is 83.6 Å². The number of halogens is 1. The van der Waals surface area contributed by atoms with Crippen LogP contribution in [0.1, 0.15) is 30.1 Å². The summed E-state index contributed by atoms with van der Waals surface area (Å²) in [6.45, 7) is 2.87. The van der Waals surface area contributed by atoms with Crippen LogP contribution in [-0.4, -0.2) is 17.6 Å². The number of aryl methyl sites for hydroxylation is 1. The standard InChI is InChI=1S/C11H15FN2/c1-8-5-9(7-13-6-8)11(12)10-3-2-4-14-10/h5-7,10-11,14H,2-4H2,1H3. The molecule has 0 bridgehead atoms. The van der Waals surface area contributed by atoms with Gasteiger partial charge in [-0.05, 0) is 31.9 Å². The molecule has 2 rings (SSSR count). The second-order valence-corrected chi connectivity index (χ2v) is 3.90. The molecule has 1 saturated heterocycles. The fourth-order valence-corrected chi connectivity index (χ4v) is 1.92. The summed E-state index contributed by atoms with van der Waals surface area (Å²) in [5, 5.41) is 3.17. The van der Waals surface area contributed by atoms with E-state index < -0.39 is 6.17 Å². The summed E-state index contributed by atoms with van der Waals surface area (Å²) in [5.74, 6) is 0. The smallest absolute Gasteiger partial charge is 0.142 e. The van der Waals surface area contributed by atoms with Crippen molar-refractivity contribution in [2.45, 2.75) is 32.0 Å². The lowest BCUT2D eigenvalue weighted by atomic mass is 10.0. The third-order valence-electron chi connectivity index (χ3n) is 2.67. The Bertz CT molecular complexity index is 308. The minimum atomic E-state index is -0.912. The normalized spacial score (nSPS) is 23.7. The van der Waals surface area contributed by atoms with E-state index in [1.54, 1.807) is 12.4 Å². The minimum Gasteiger partial charge on any atom is -0.311 e. The first-order valence-corrected chi connectivity index (χ1v) is 5.06. The Morgan fingerprint density at radius 3 is 3.07 bits per heavy atom. The van der Waals surface area contributed by atoms with Crippen molar-refractivity contribution in [3.63, 3.8) is 0 Å². The van der Waals surface area contributed by atoms with Gasteiger partial charge in [0.25, 0.3) is 0 Å². The van der Waals surface area contributed by atoms with Crippen LogP contribution in [0.3, 0.4) is 0 Å². The quantitative estimate of drug-likeness (QED) is 0.780. The van der Waals surface area contributed by atoms with Crippen molar-refractivity contribution in [3.05, 3.63) is 29.6 Å². The van der Waals surface area contributed by atoms with Crippen LogP contribution >= 0.6 is 0 Å². The Kier molecular flexibility index (Phi) is 2.77. The fourth-order valence-electron chi connectivity index (χ4n) is 1.92. The lowest BCUT2D eigenvalue weighted by molar-refractivity contribution is 0.270. The van der Waals surface area contributed by atoms with Gasteiger partial charge in [-0.3, -0.25) is 4.98 Å². The molecule has 0 amide bonds. The Hall–Kier alpha value is -0.960. The zero-order chi connectivity index (χ0) is 9.97. The molecule has 0 spiro atoms. The maximum Gasteiger partial charge on any atom is 0.142 e. The third-order valence-corrected chi connectivity index (χ3v) is 2.67. The molecule has 0 saturated carbocycles. The predicted octanol–water partition coefficient (Wildman–Crippen LogP) is 2.15. The summed E-state index contributed by atoms with van der Waals surface area (Å²) in [4.78, 5) is 4.01. The van der Waals surface area contributed by atoms with E-state index in [0.717, 1.165) is 24.9 Å². The summed E-state index contributed by atoms with van der Waals surface area (Å²) in [6.07, 6.45) is 4.46. The first kappa shape index (κ1) is 9.59. The van der Waals surface area contributed by atoms with E-state index >= 15 is 0 Å². The Morgan fingerprint density at radius 2 is 2.43 bits per heavy atom. The van der Waals surface area contributed by atoms with E-state index in [2.05, 4.69) is 10.3 Å². The van der Waals surface area contributed by atoms with Crippen molar-refractivity contribution < 1.29 is 4.39 Å². The molecule has 0 aliphatic carbocycles. The second kappa shape index (κ2) is 4.05. The van der Waals surface area contributed by atoms with Gasteiger partial charge in [0, 0.05) is 24.0 Å². The molecule has 2 atom stereocenters. The van der Waals surface area contributed by atoms with Crippen LogP contribution in [0.2, 0.25) is 0 Å². The highest BCUT2D eigenvalue weighted by Crippen LogP contribution is 2.26. The SMILES string of the molecule is Cc1cncc(C(F)C2CCCN2)c1. The largest absolute Gasteiger partial charge is 0.311 e. The zero-order valence-electron chi connectivity index (χ0n) is 8.33. The van der Waals surface area contributed by atoms with Gasteiger partial charge < -0.3 is 5.32 Å². The molecule has 1 N–H and O–H groups in total. The molecule has 3 heteroatoms. The molecule has 1 aliphatic rings. The number of rotatable bonds is 2. The van der Waals surface area contributed by atoms with Gasteiger partial charge >= 0.3 is 0 Å². The maximum absolute atomic E-state index is 13.9. The monoisotopic (exact) mass is 194 g/mol. The van der Waals surface area contributed by atoms with Gasteiger partial charge in [-0.15, -0.1) is 0 Å². The van der Waals surface area contributed by atoms with Gasteiger partial charge in [0.15, 0.2) is 0 Å². The highest BCUT2D eigenvalue weighted by molar-refractivity contribution is 5.20. The van der Waals surface area contributed by atoms with E-state index in [9.17, 15) is 4.39 Å². The lowest BCUT2D eigenvalue weighted by Gasteiger charge is -2.16. The van der Waals surface area contributed by atoms with Crippen molar-refractivity contribution in [2.24, 2.45) is 0 Å². The molecule has 1 aromatic heterocycles. The number of hydrogen-bond donors (Lipinski definition) is 1. The number of pyridine rings is 1. The number of aromatic nitrogens is 1. The van der Waals surface area contributed by atoms with Crippen LogP contribution < -0.4 is 5.32 Å². The highest BCUT2D eigenvalue weighted by atomic mass is 19.1. The predicted molar refractivity (Wildman–Crippen MR) is 53.8 cm³/mol. The minimum absolute atomic E-state index is 0.0152. The van der Waals surface area contributed by atoms with Crippen molar-refractivity contribution in [3.8, 4) is 0 Å². The molecule has 1 fully saturated rings. The van der Waals surface area contributed by atoms with Crippen molar-refractivity contribution in [2.75, 3.05) is 6.54 Å². The van der Waals surface area contributed by atoms with Gasteiger partial charge in [-0.1, -0.05) is 6.07 Å². The van der Waals surface area contributed by atoms with Gasteiger partial charge in [0.1, 0.15) is 6.17 Å². The van der Waals surface area contributed by atoms with E-state index in [0.29, 0.717) is 5.56 Å². The molecule has 0 radical (unpaired) electrons. The van der Waals surface area contributed by atoms with Gasteiger partial charge in [0.2, 0.25) is 0 Å². The topological polar surface area (TPSA) is 24.9 Å². The van der Waals surface area contributed by atoms with Crippen LogP contribution in [0.25, 0.3) is 0 Å². The number of hydrogen-bond acceptors (Lipinski definition) is 2. The van der Waals surface area contributed by atoms with E-state index in [1.807, 2.05) is 13.0 Å². The van der Waals surface area contributed by atoms with E-state index in [-0.39, 0.29) is 6.04 Å². The third kappa shape index (κ3) is 1.93. The molecule has 2 nitrogen and oxygen atoms in total. The molecule has 0 aromatic carbocycles. The average Bonchev–Trinajstić information content (AvgIpc) is 2.69. The molecule has 14 heavy (non-hydrogen) atoms. The van der Waals surface area contributed by atoms with Crippen LogP contribution in [-0.2, 0) is 0 Å². The summed E-state index contributed by atoms with van der Waals surface area (Å²) in [7, 11) is 0. The number of alkyl halides is 1. The molecule has 1 aliphatic heterocycles. The first-order valence-electron chi connectivity index (χ1n) is 5.06. The van der Waals surface area contributed by atoms with Crippen molar-refractivity contribution >= 4 is 0 Å². The summed E-state index contributed by atoms with van der Waals surface area (Å²) >= 11 is 0. The van der Waals surface area contributed by atoms with E-state index in [4.69, 9.17) is 0 Å². The van der Waals surface area contributed by atoms with Crippen molar-refractivity contribution in [1.29, 1.82) is 0 Å². The van der Waals surface area contributed by atoms with Gasteiger partial charge in [-0.2, -0.15) is 0 Å². The fraction of sp³-hybridized carbons (Fsp3) is 0.545. The Balaban J connectivity index is 2.13. The molecule has 2 unspecified atom stereocenters. The molecule has 1 aromatic rings. The molecule has 76 valence electrons. The van der Waals surface area contributed by atoms with Crippen LogP contribution in [0.5, 0.6) is 0 Å².